The lowest BCUT2D eigenvalue weighted by molar-refractivity contribution is -0.129. The van der Waals surface area contributed by atoms with Gasteiger partial charge in [-0.3, -0.25) is 4.79 Å². The molecule has 0 atom stereocenters. The van der Waals surface area contributed by atoms with Gasteiger partial charge in [0, 0.05) is 43.9 Å². The summed E-state index contributed by atoms with van der Waals surface area (Å²) in [6.45, 7) is 3.64. The first-order chi connectivity index (χ1) is 9.06. The highest BCUT2D eigenvalue weighted by Crippen LogP contribution is 2.14. The lowest BCUT2D eigenvalue weighted by Gasteiger charge is -2.31. The number of nitrogen functional groups attached to an aromatic ring is 1. The number of hydrogen-bond acceptors (Lipinski definition) is 3. The molecule has 0 unspecified atom stereocenters. The first-order valence-electron chi connectivity index (χ1n) is 6.59. The largest absolute Gasteiger partial charge is 0.399 e. The summed E-state index contributed by atoms with van der Waals surface area (Å²) in [6, 6.07) is 5.10. The second-order valence-electron chi connectivity index (χ2n) is 5.01. The zero-order valence-electron chi connectivity index (χ0n) is 11.2. The molecule has 0 spiro atoms. The van der Waals surface area contributed by atoms with Gasteiger partial charge in [0.25, 0.3) is 0 Å². The molecule has 1 aliphatic heterocycles. The molecule has 0 radical (unpaired) electrons. The first-order valence-corrected chi connectivity index (χ1v) is 6.59. The van der Waals surface area contributed by atoms with Crippen LogP contribution in [0.2, 0.25) is 0 Å². The summed E-state index contributed by atoms with van der Waals surface area (Å²) in [4.78, 5) is 13.1. The standard InChI is InChI=1S/C14H20FN3O/c1-10(19)18-6-4-13(5-7-18)17-9-11-2-3-12(16)8-14(11)15/h2-3,8,13,17H,4-7,9,16H2,1H3. The predicted molar refractivity (Wildman–Crippen MR) is 72.9 cm³/mol. The first kappa shape index (κ1) is 13.8. The number of nitrogens with zero attached hydrogens (tertiary/aromatic N) is 1. The predicted octanol–water partition coefficient (Wildman–Crippen LogP) is 1.51. The van der Waals surface area contributed by atoms with Gasteiger partial charge in [0.2, 0.25) is 5.91 Å². The Morgan fingerprint density at radius 1 is 1.47 bits per heavy atom. The van der Waals surface area contributed by atoms with Crippen molar-refractivity contribution >= 4 is 11.6 Å². The minimum atomic E-state index is -0.270. The van der Waals surface area contributed by atoms with Gasteiger partial charge in [-0.15, -0.1) is 0 Å². The van der Waals surface area contributed by atoms with Crippen LogP contribution in [0, 0.1) is 5.82 Å². The van der Waals surface area contributed by atoms with Gasteiger partial charge in [0.1, 0.15) is 5.82 Å². The molecule has 104 valence electrons. The third kappa shape index (κ3) is 3.67. The molecule has 0 aliphatic carbocycles. The Labute approximate surface area is 112 Å². The summed E-state index contributed by atoms with van der Waals surface area (Å²) >= 11 is 0. The third-order valence-corrected chi connectivity index (χ3v) is 3.60. The van der Waals surface area contributed by atoms with Gasteiger partial charge in [-0.25, -0.2) is 4.39 Å². The van der Waals surface area contributed by atoms with Crippen molar-refractivity contribution in [1.82, 2.24) is 10.2 Å². The van der Waals surface area contributed by atoms with E-state index in [4.69, 9.17) is 5.73 Å². The van der Waals surface area contributed by atoms with E-state index in [0.717, 1.165) is 25.9 Å². The van der Waals surface area contributed by atoms with Crippen LogP contribution in [-0.2, 0) is 11.3 Å². The van der Waals surface area contributed by atoms with Crippen molar-refractivity contribution in [3.63, 3.8) is 0 Å². The fraction of sp³-hybridized carbons (Fsp3) is 0.500. The van der Waals surface area contributed by atoms with E-state index in [1.165, 1.54) is 6.07 Å². The average Bonchev–Trinajstić information content (AvgIpc) is 2.38. The van der Waals surface area contributed by atoms with Crippen LogP contribution >= 0.6 is 0 Å². The summed E-state index contributed by atoms with van der Waals surface area (Å²) in [5.74, 6) is -0.142. The second kappa shape index (κ2) is 6.02. The van der Waals surface area contributed by atoms with Crippen molar-refractivity contribution in [2.24, 2.45) is 0 Å². The summed E-state index contributed by atoms with van der Waals surface area (Å²) in [6.07, 6.45) is 1.83. The molecule has 1 aromatic rings. The van der Waals surface area contributed by atoms with E-state index in [2.05, 4.69) is 5.32 Å². The summed E-state index contributed by atoms with van der Waals surface area (Å²) in [5.41, 5.74) is 6.58. The summed E-state index contributed by atoms with van der Waals surface area (Å²) < 4.78 is 13.6. The molecule has 1 amide bonds. The number of halogens is 1. The van der Waals surface area contributed by atoms with Crippen LogP contribution in [0.25, 0.3) is 0 Å². The quantitative estimate of drug-likeness (QED) is 0.814. The van der Waals surface area contributed by atoms with Crippen molar-refractivity contribution < 1.29 is 9.18 Å². The Kier molecular flexibility index (Phi) is 4.37. The van der Waals surface area contributed by atoms with Crippen LogP contribution in [-0.4, -0.2) is 29.9 Å². The molecule has 0 saturated carbocycles. The van der Waals surface area contributed by atoms with E-state index < -0.39 is 0 Å². The van der Waals surface area contributed by atoms with Gasteiger partial charge < -0.3 is 16.0 Å². The van der Waals surface area contributed by atoms with Crippen molar-refractivity contribution in [3.05, 3.63) is 29.6 Å². The Morgan fingerprint density at radius 2 is 2.16 bits per heavy atom. The van der Waals surface area contributed by atoms with E-state index in [1.807, 2.05) is 4.90 Å². The zero-order valence-corrected chi connectivity index (χ0v) is 11.2. The number of nitrogens with two attached hydrogens (primary N) is 1. The smallest absolute Gasteiger partial charge is 0.219 e. The minimum Gasteiger partial charge on any atom is -0.399 e. The molecule has 2 rings (SSSR count). The number of anilines is 1. The van der Waals surface area contributed by atoms with Gasteiger partial charge in [-0.2, -0.15) is 0 Å². The molecule has 1 aliphatic rings. The fourth-order valence-electron chi connectivity index (χ4n) is 2.36. The van der Waals surface area contributed by atoms with Gasteiger partial charge in [0.15, 0.2) is 0 Å². The van der Waals surface area contributed by atoms with E-state index in [1.54, 1.807) is 19.1 Å². The van der Waals surface area contributed by atoms with Crippen LogP contribution in [0.1, 0.15) is 25.3 Å². The number of amides is 1. The molecule has 1 heterocycles. The normalized spacial score (nSPS) is 16.6. The van der Waals surface area contributed by atoms with Crippen LogP contribution in [0.5, 0.6) is 0 Å². The van der Waals surface area contributed by atoms with E-state index in [9.17, 15) is 9.18 Å². The van der Waals surface area contributed by atoms with Crippen LogP contribution in [0.4, 0.5) is 10.1 Å². The van der Waals surface area contributed by atoms with Crippen molar-refractivity contribution in [2.75, 3.05) is 18.8 Å². The number of carbonyl (C=O) groups excluding carboxylic acids is 1. The maximum Gasteiger partial charge on any atom is 0.219 e. The second-order valence-corrected chi connectivity index (χ2v) is 5.01. The number of benzene rings is 1. The third-order valence-electron chi connectivity index (χ3n) is 3.60. The minimum absolute atomic E-state index is 0.128. The molecule has 3 N–H and O–H groups in total. The lowest BCUT2D eigenvalue weighted by atomic mass is 10.0. The molecular formula is C14H20FN3O. The summed E-state index contributed by atoms with van der Waals surface area (Å²) in [7, 11) is 0. The number of rotatable bonds is 3. The highest BCUT2D eigenvalue weighted by molar-refractivity contribution is 5.73. The van der Waals surface area contributed by atoms with Gasteiger partial charge in [-0.1, -0.05) is 6.07 Å². The average molecular weight is 265 g/mol. The maximum atomic E-state index is 13.6. The number of nitrogens with one attached hydrogen (secondary N) is 1. The molecule has 0 bridgehead atoms. The Hall–Kier alpha value is -1.62. The van der Waals surface area contributed by atoms with E-state index in [-0.39, 0.29) is 11.7 Å². The molecular weight excluding hydrogens is 245 g/mol. The van der Waals surface area contributed by atoms with Gasteiger partial charge in [-0.05, 0) is 25.0 Å². The van der Waals surface area contributed by atoms with Gasteiger partial charge in [0.05, 0.1) is 0 Å². The summed E-state index contributed by atoms with van der Waals surface area (Å²) in [5, 5.41) is 3.34. The number of likely N-dealkylation sites (tertiary alicyclic amines) is 1. The van der Waals surface area contributed by atoms with Crippen LogP contribution in [0.3, 0.4) is 0 Å². The molecule has 4 nitrogen and oxygen atoms in total. The lowest BCUT2D eigenvalue weighted by Crippen LogP contribution is -2.44. The molecule has 1 aromatic carbocycles. The Balaban J connectivity index is 1.82. The van der Waals surface area contributed by atoms with Crippen molar-refractivity contribution in [2.45, 2.75) is 32.4 Å². The van der Waals surface area contributed by atoms with Crippen LogP contribution in [0.15, 0.2) is 18.2 Å². The van der Waals surface area contributed by atoms with Crippen molar-refractivity contribution in [3.8, 4) is 0 Å². The van der Waals surface area contributed by atoms with Crippen molar-refractivity contribution in [1.29, 1.82) is 0 Å². The SMILES string of the molecule is CC(=O)N1CCC(NCc2ccc(N)cc2F)CC1. The Morgan fingerprint density at radius 3 is 2.74 bits per heavy atom. The van der Waals surface area contributed by atoms with E-state index in [0.29, 0.717) is 23.8 Å². The van der Waals surface area contributed by atoms with Crippen LogP contribution < -0.4 is 11.1 Å². The number of piperidine rings is 1. The molecule has 1 fully saturated rings. The Bertz CT molecular complexity index is 456. The zero-order chi connectivity index (χ0) is 13.8. The number of carbonyl (C=O) groups is 1. The highest BCUT2D eigenvalue weighted by atomic mass is 19.1. The fourth-order valence-corrected chi connectivity index (χ4v) is 2.36. The highest BCUT2D eigenvalue weighted by Gasteiger charge is 2.20. The molecule has 0 aromatic heterocycles. The molecule has 1 saturated heterocycles. The maximum absolute atomic E-state index is 13.6. The monoisotopic (exact) mass is 265 g/mol. The number of hydrogen-bond donors (Lipinski definition) is 2. The molecule has 19 heavy (non-hydrogen) atoms. The molecule has 5 heteroatoms. The topological polar surface area (TPSA) is 58.4 Å². The van der Waals surface area contributed by atoms with E-state index >= 15 is 0 Å². The van der Waals surface area contributed by atoms with Gasteiger partial charge >= 0.3 is 0 Å².